The molecular weight excluding hydrogens is 456 g/mol. The molecule has 2 aliphatic heterocycles. The number of hydrogen-bond acceptors (Lipinski definition) is 4. The Labute approximate surface area is 207 Å². The maximum absolute atomic E-state index is 14.0. The monoisotopic (exact) mass is 480 g/mol. The van der Waals surface area contributed by atoms with Crippen molar-refractivity contribution < 1.29 is 19.6 Å². The van der Waals surface area contributed by atoms with Gasteiger partial charge in [-0.25, -0.2) is 10.3 Å². The molecule has 2 bridgehead atoms. The first-order valence-electron chi connectivity index (χ1n) is 11.7. The van der Waals surface area contributed by atoms with Crippen molar-refractivity contribution in [3.8, 4) is 0 Å². The molecular formula is C28H24N4O4. The zero-order chi connectivity index (χ0) is 25.0. The number of aromatic nitrogens is 1. The normalized spacial score (nSPS) is 18.9. The van der Waals surface area contributed by atoms with E-state index in [9.17, 15) is 14.4 Å². The van der Waals surface area contributed by atoms with E-state index in [1.54, 1.807) is 29.6 Å². The molecule has 180 valence electrons. The minimum absolute atomic E-state index is 0.224. The molecule has 6 rings (SSSR count). The Morgan fingerprint density at radius 1 is 0.972 bits per heavy atom. The smallest absolute Gasteiger partial charge is 0.326 e. The van der Waals surface area contributed by atoms with Gasteiger partial charge in [0, 0.05) is 47.9 Å². The molecule has 0 unspecified atom stereocenters. The van der Waals surface area contributed by atoms with Crippen LogP contribution in [0.25, 0.3) is 10.9 Å². The van der Waals surface area contributed by atoms with Crippen molar-refractivity contribution in [3.05, 3.63) is 107 Å². The van der Waals surface area contributed by atoms with Crippen molar-refractivity contribution in [3.63, 3.8) is 0 Å². The average molecular weight is 481 g/mol. The zero-order valence-electron chi connectivity index (χ0n) is 19.6. The number of amides is 4. The van der Waals surface area contributed by atoms with Gasteiger partial charge in [-0.15, -0.1) is 0 Å². The number of rotatable bonds is 4. The molecule has 0 spiro atoms. The number of carbonyl (C=O) groups excluding carboxylic acids is 3. The van der Waals surface area contributed by atoms with Crippen molar-refractivity contribution >= 4 is 28.7 Å². The number of nitrogens with one attached hydrogen (secondary N) is 1. The third-order valence-corrected chi connectivity index (χ3v) is 7.43. The largest absolute Gasteiger partial charge is 0.338 e. The van der Waals surface area contributed by atoms with Gasteiger partial charge in [-0.1, -0.05) is 60.7 Å². The highest BCUT2D eigenvalue weighted by Crippen LogP contribution is 2.48. The molecule has 3 heterocycles. The van der Waals surface area contributed by atoms with Crippen LogP contribution in [0.2, 0.25) is 0 Å². The number of hydroxylamine groups is 1. The Morgan fingerprint density at radius 3 is 2.39 bits per heavy atom. The Bertz CT molecular complexity index is 1530. The molecule has 1 fully saturated rings. The number of carbonyl (C=O) groups is 3. The van der Waals surface area contributed by atoms with Crippen molar-refractivity contribution in [2.24, 2.45) is 0 Å². The first-order chi connectivity index (χ1) is 17.5. The van der Waals surface area contributed by atoms with E-state index in [1.807, 2.05) is 66.7 Å². The molecule has 4 amide bonds. The van der Waals surface area contributed by atoms with E-state index in [4.69, 9.17) is 5.21 Å². The maximum Gasteiger partial charge on any atom is 0.326 e. The van der Waals surface area contributed by atoms with Crippen molar-refractivity contribution in [1.82, 2.24) is 19.8 Å². The van der Waals surface area contributed by atoms with Crippen LogP contribution in [0.5, 0.6) is 0 Å². The van der Waals surface area contributed by atoms with E-state index in [1.165, 1.54) is 4.90 Å². The fourth-order valence-corrected chi connectivity index (χ4v) is 5.77. The molecule has 2 N–H and O–H groups in total. The molecule has 8 nitrogen and oxygen atoms in total. The number of fused-ring (bicyclic) bond motifs is 6. The van der Waals surface area contributed by atoms with E-state index in [-0.39, 0.29) is 11.9 Å². The highest BCUT2D eigenvalue weighted by atomic mass is 16.5. The summed E-state index contributed by atoms with van der Waals surface area (Å²) in [4.78, 5) is 41.8. The maximum atomic E-state index is 14.0. The van der Waals surface area contributed by atoms with Crippen LogP contribution in [-0.4, -0.2) is 51.0 Å². The summed E-state index contributed by atoms with van der Waals surface area (Å²) in [5, 5.41) is 9.90. The molecule has 0 saturated carbocycles. The molecule has 8 heteroatoms. The Hall–Kier alpha value is -4.43. The van der Waals surface area contributed by atoms with Crippen LogP contribution in [0.15, 0.2) is 78.9 Å². The van der Waals surface area contributed by atoms with Crippen LogP contribution in [0.1, 0.15) is 32.7 Å². The van der Waals surface area contributed by atoms with Crippen LogP contribution >= 0.6 is 0 Å². The number of likely N-dealkylation sites (N-methyl/N-ethyl adjacent to an activating group) is 1. The zero-order valence-corrected chi connectivity index (χ0v) is 19.6. The molecule has 2 aliphatic rings. The lowest BCUT2D eigenvalue weighted by Gasteiger charge is -2.49. The lowest BCUT2D eigenvalue weighted by Crippen LogP contribution is -2.65. The standard InChI is InChI=1S/C28H24N4O4/c1-30-26(34)28(20-7-3-2-4-8-20)17-31(27(30)35)16-23-24(28)21-9-5-6-10-22(21)32(23)15-18-11-13-19(14-12-18)25(33)29-36/h2-14,36H,15-17H2,1H3,(H,29,33)/t28-/m0/s1. The van der Waals surface area contributed by atoms with E-state index >= 15 is 0 Å². The molecule has 0 aliphatic carbocycles. The van der Waals surface area contributed by atoms with Gasteiger partial charge in [-0.2, -0.15) is 0 Å². The lowest BCUT2D eigenvalue weighted by atomic mass is 9.69. The third kappa shape index (κ3) is 3.01. The summed E-state index contributed by atoms with van der Waals surface area (Å²) in [7, 11) is 1.56. The predicted molar refractivity (Wildman–Crippen MR) is 133 cm³/mol. The summed E-state index contributed by atoms with van der Waals surface area (Å²) >= 11 is 0. The highest BCUT2D eigenvalue weighted by molar-refractivity contribution is 6.08. The summed E-state index contributed by atoms with van der Waals surface area (Å²) in [6, 6.07) is 24.4. The van der Waals surface area contributed by atoms with Gasteiger partial charge >= 0.3 is 6.03 Å². The van der Waals surface area contributed by atoms with Crippen LogP contribution in [0, 0.1) is 0 Å². The minimum Gasteiger partial charge on any atom is -0.338 e. The van der Waals surface area contributed by atoms with Gasteiger partial charge in [0.1, 0.15) is 5.41 Å². The number of urea groups is 1. The fourth-order valence-electron chi connectivity index (χ4n) is 5.77. The third-order valence-electron chi connectivity index (χ3n) is 7.43. The van der Waals surface area contributed by atoms with Gasteiger partial charge in [0.2, 0.25) is 5.91 Å². The first kappa shape index (κ1) is 22.1. The molecule has 36 heavy (non-hydrogen) atoms. The van der Waals surface area contributed by atoms with Crippen molar-refractivity contribution in [2.45, 2.75) is 18.5 Å². The van der Waals surface area contributed by atoms with Crippen LogP contribution < -0.4 is 5.48 Å². The topological polar surface area (TPSA) is 94.9 Å². The molecule has 0 radical (unpaired) electrons. The first-order valence-corrected chi connectivity index (χ1v) is 11.7. The second-order valence-electron chi connectivity index (χ2n) is 9.34. The molecule has 4 aromatic rings. The fraction of sp³-hybridized carbons (Fsp3) is 0.179. The lowest BCUT2D eigenvalue weighted by molar-refractivity contribution is -0.136. The Morgan fingerprint density at radius 2 is 1.67 bits per heavy atom. The van der Waals surface area contributed by atoms with Crippen LogP contribution in [0.3, 0.4) is 0 Å². The van der Waals surface area contributed by atoms with Gasteiger partial charge in [-0.3, -0.25) is 19.7 Å². The minimum atomic E-state index is -1.01. The van der Waals surface area contributed by atoms with E-state index in [2.05, 4.69) is 4.57 Å². The summed E-state index contributed by atoms with van der Waals surface area (Å²) in [6.07, 6.45) is 0. The number of hydrogen-bond donors (Lipinski definition) is 2. The molecule has 1 atom stereocenters. The number of imide groups is 1. The molecule has 1 saturated heterocycles. The SMILES string of the molecule is CN1C(=O)N2Cc3c(c4ccccc4n3Cc3ccc(C(=O)NO)cc3)[C@@](c3ccccc3)(C2)C1=O. The average Bonchev–Trinajstić information content (AvgIpc) is 3.24. The van der Waals surface area contributed by atoms with Gasteiger partial charge < -0.3 is 9.47 Å². The number of benzene rings is 3. The molecule has 1 aromatic heterocycles. The summed E-state index contributed by atoms with van der Waals surface area (Å²) in [5.74, 6) is -0.796. The predicted octanol–water partition coefficient (Wildman–Crippen LogP) is 3.50. The van der Waals surface area contributed by atoms with Gasteiger partial charge in [0.25, 0.3) is 5.91 Å². The summed E-state index contributed by atoms with van der Waals surface area (Å²) < 4.78 is 2.17. The van der Waals surface area contributed by atoms with E-state index in [0.717, 1.165) is 33.3 Å². The van der Waals surface area contributed by atoms with Gasteiger partial charge in [-0.05, 0) is 29.3 Å². The van der Waals surface area contributed by atoms with Crippen LogP contribution in [0.4, 0.5) is 4.79 Å². The molecule has 3 aromatic carbocycles. The van der Waals surface area contributed by atoms with Crippen molar-refractivity contribution in [1.29, 1.82) is 0 Å². The van der Waals surface area contributed by atoms with E-state index in [0.29, 0.717) is 25.2 Å². The highest BCUT2D eigenvalue weighted by Gasteiger charge is 2.56. The van der Waals surface area contributed by atoms with Gasteiger partial charge in [0.05, 0.1) is 6.54 Å². The number of nitrogens with zero attached hydrogens (tertiary/aromatic N) is 3. The number of para-hydroxylation sites is 1. The Kier molecular flexibility index (Phi) is 4.94. The van der Waals surface area contributed by atoms with E-state index < -0.39 is 11.3 Å². The Balaban J connectivity index is 1.58. The summed E-state index contributed by atoms with van der Waals surface area (Å²) in [5.41, 5.74) is 5.65. The quantitative estimate of drug-likeness (QED) is 0.345. The van der Waals surface area contributed by atoms with Crippen LogP contribution in [-0.2, 0) is 23.3 Å². The van der Waals surface area contributed by atoms with Crippen molar-refractivity contribution in [2.75, 3.05) is 13.6 Å². The second-order valence-corrected chi connectivity index (χ2v) is 9.34. The second kappa shape index (κ2) is 8.07. The van der Waals surface area contributed by atoms with Gasteiger partial charge in [0.15, 0.2) is 0 Å². The summed E-state index contributed by atoms with van der Waals surface area (Å²) in [6.45, 7) is 1.18.